The standard InChI is InChI=1S/C13H20Br2N2/c1-17(2)8-4-3-7-16-10-11-5-6-12(14)13(15)9-11/h5-6,9,16H,3-4,7-8,10H2,1-2H3. The summed E-state index contributed by atoms with van der Waals surface area (Å²) in [5.74, 6) is 0. The molecule has 1 rings (SSSR count). The number of rotatable bonds is 7. The lowest BCUT2D eigenvalue weighted by Crippen LogP contribution is -2.18. The quantitative estimate of drug-likeness (QED) is 0.744. The summed E-state index contributed by atoms with van der Waals surface area (Å²) in [6.45, 7) is 3.20. The van der Waals surface area contributed by atoms with Crippen molar-refractivity contribution < 1.29 is 0 Å². The summed E-state index contributed by atoms with van der Waals surface area (Å²) in [6.07, 6.45) is 2.49. The number of nitrogens with zero attached hydrogens (tertiary/aromatic N) is 1. The Morgan fingerprint density at radius 1 is 1.12 bits per heavy atom. The minimum absolute atomic E-state index is 0.938. The van der Waals surface area contributed by atoms with Gasteiger partial charge in [-0.3, -0.25) is 0 Å². The first-order chi connectivity index (χ1) is 8.09. The number of unbranched alkanes of at least 4 members (excludes halogenated alkanes) is 1. The Kier molecular flexibility index (Phi) is 7.35. The van der Waals surface area contributed by atoms with E-state index in [0.717, 1.165) is 22.0 Å². The third kappa shape index (κ3) is 6.55. The second kappa shape index (κ2) is 8.25. The van der Waals surface area contributed by atoms with Gasteiger partial charge in [0.2, 0.25) is 0 Å². The van der Waals surface area contributed by atoms with Crippen molar-refractivity contribution in [2.75, 3.05) is 27.2 Å². The SMILES string of the molecule is CN(C)CCCCNCc1ccc(Br)c(Br)c1. The largest absolute Gasteiger partial charge is 0.313 e. The molecule has 0 fully saturated rings. The van der Waals surface area contributed by atoms with E-state index in [1.54, 1.807) is 0 Å². The summed E-state index contributed by atoms with van der Waals surface area (Å²) in [5.41, 5.74) is 1.31. The molecule has 0 atom stereocenters. The average molecular weight is 364 g/mol. The molecule has 1 N–H and O–H groups in total. The fraction of sp³-hybridized carbons (Fsp3) is 0.538. The van der Waals surface area contributed by atoms with Crippen LogP contribution in [0.3, 0.4) is 0 Å². The first kappa shape index (κ1) is 15.2. The fourth-order valence-electron chi connectivity index (χ4n) is 1.56. The van der Waals surface area contributed by atoms with Crippen molar-refractivity contribution in [1.82, 2.24) is 10.2 Å². The van der Waals surface area contributed by atoms with E-state index in [1.165, 1.54) is 24.9 Å². The highest BCUT2D eigenvalue weighted by atomic mass is 79.9. The highest BCUT2D eigenvalue weighted by Crippen LogP contribution is 2.23. The predicted octanol–water partition coefficient (Wildman–Crippen LogP) is 3.64. The van der Waals surface area contributed by atoms with Gasteiger partial charge in [0.15, 0.2) is 0 Å². The van der Waals surface area contributed by atoms with Crippen LogP contribution in [0.1, 0.15) is 18.4 Å². The summed E-state index contributed by atoms with van der Waals surface area (Å²) in [5, 5.41) is 3.47. The molecule has 1 aromatic carbocycles. The molecule has 17 heavy (non-hydrogen) atoms. The topological polar surface area (TPSA) is 15.3 Å². The summed E-state index contributed by atoms with van der Waals surface area (Å²) in [4.78, 5) is 2.23. The van der Waals surface area contributed by atoms with Gasteiger partial charge >= 0.3 is 0 Å². The van der Waals surface area contributed by atoms with Gasteiger partial charge in [0.1, 0.15) is 0 Å². The van der Waals surface area contributed by atoms with E-state index >= 15 is 0 Å². The number of halogens is 2. The summed E-state index contributed by atoms with van der Waals surface area (Å²) in [7, 11) is 4.24. The molecule has 2 nitrogen and oxygen atoms in total. The Labute approximate surface area is 121 Å². The van der Waals surface area contributed by atoms with E-state index in [9.17, 15) is 0 Å². The van der Waals surface area contributed by atoms with E-state index in [1.807, 2.05) is 0 Å². The van der Waals surface area contributed by atoms with Gasteiger partial charge in [-0.15, -0.1) is 0 Å². The highest BCUT2D eigenvalue weighted by Gasteiger charge is 1.98. The molecule has 0 saturated carbocycles. The zero-order valence-electron chi connectivity index (χ0n) is 10.5. The maximum atomic E-state index is 3.52. The van der Waals surface area contributed by atoms with Crippen LogP contribution in [0.2, 0.25) is 0 Å². The highest BCUT2D eigenvalue weighted by molar-refractivity contribution is 9.13. The zero-order valence-corrected chi connectivity index (χ0v) is 13.6. The zero-order chi connectivity index (χ0) is 12.7. The maximum Gasteiger partial charge on any atom is 0.0320 e. The Morgan fingerprint density at radius 3 is 2.53 bits per heavy atom. The molecule has 0 aliphatic carbocycles. The Bertz CT molecular complexity index is 340. The first-order valence-electron chi connectivity index (χ1n) is 5.89. The van der Waals surface area contributed by atoms with Crippen molar-refractivity contribution in [2.24, 2.45) is 0 Å². The number of hydrogen-bond donors (Lipinski definition) is 1. The van der Waals surface area contributed by atoms with Gasteiger partial charge < -0.3 is 10.2 Å². The molecule has 0 aromatic heterocycles. The van der Waals surface area contributed by atoms with E-state index < -0.39 is 0 Å². The van der Waals surface area contributed by atoms with Gasteiger partial charge in [0, 0.05) is 15.5 Å². The van der Waals surface area contributed by atoms with E-state index in [2.05, 4.69) is 74.4 Å². The van der Waals surface area contributed by atoms with E-state index in [4.69, 9.17) is 0 Å². The van der Waals surface area contributed by atoms with Crippen LogP contribution in [0.15, 0.2) is 27.1 Å². The van der Waals surface area contributed by atoms with Gasteiger partial charge in [0.05, 0.1) is 0 Å². The Hall–Kier alpha value is 0.1000. The summed E-state index contributed by atoms with van der Waals surface area (Å²) >= 11 is 6.99. The molecule has 96 valence electrons. The Morgan fingerprint density at radius 2 is 1.88 bits per heavy atom. The molecule has 0 aliphatic heterocycles. The lowest BCUT2D eigenvalue weighted by molar-refractivity contribution is 0.391. The van der Waals surface area contributed by atoms with Crippen molar-refractivity contribution in [1.29, 1.82) is 0 Å². The van der Waals surface area contributed by atoms with Crippen LogP contribution in [0.5, 0.6) is 0 Å². The molecule has 0 heterocycles. The molecule has 0 saturated heterocycles. The first-order valence-corrected chi connectivity index (χ1v) is 7.47. The van der Waals surface area contributed by atoms with Crippen LogP contribution in [0.25, 0.3) is 0 Å². The molecule has 1 aromatic rings. The number of benzene rings is 1. The van der Waals surface area contributed by atoms with Crippen LogP contribution < -0.4 is 5.32 Å². The summed E-state index contributed by atoms with van der Waals surface area (Å²) < 4.78 is 2.22. The molecule has 0 unspecified atom stereocenters. The molecule has 0 aliphatic rings. The smallest absolute Gasteiger partial charge is 0.0320 e. The monoisotopic (exact) mass is 362 g/mol. The minimum Gasteiger partial charge on any atom is -0.313 e. The lowest BCUT2D eigenvalue weighted by atomic mass is 10.2. The lowest BCUT2D eigenvalue weighted by Gasteiger charge is -2.09. The third-order valence-corrected chi connectivity index (χ3v) is 4.40. The Balaban J connectivity index is 2.16. The molecule has 0 radical (unpaired) electrons. The predicted molar refractivity (Wildman–Crippen MR) is 81.3 cm³/mol. The van der Waals surface area contributed by atoms with Gasteiger partial charge in [-0.25, -0.2) is 0 Å². The molecule has 4 heteroatoms. The maximum absolute atomic E-state index is 3.52. The van der Waals surface area contributed by atoms with Crippen LogP contribution >= 0.6 is 31.9 Å². The molecule has 0 amide bonds. The van der Waals surface area contributed by atoms with Crippen LogP contribution in [-0.4, -0.2) is 32.1 Å². The minimum atomic E-state index is 0.938. The van der Waals surface area contributed by atoms with Gasteiger partial charge in [-0.05, 0) is 89.6 Å². The molecular formula is C13H20Br2N2. The normalized spacial score (nSPS) is 11.1. The van der Waals surface area contributed by atoms with Crippen molar-refractivity contribution in [2.45, 2.75) is 19.4 Å². The van der Waals surface area contributed by atoms with Crippen LogP contribution in [-0.2, 0) is 6.54 Å². The van der Waals surface area contributed by atoms with Crippen molar-refractivity contribution in [3.63, 3.8) is 0 Å². The summed E-state index contributed by atoms with van der Waals surface area (Å²) in [6, 6.07) is 6.37. The average Bonchev–Trinajstić information content (AvgIpc) is 2.27. The number of hydrogen-bond acceptors (Lipinski definition) is 2. The molecule has 0 spiro atoms. The van der Waals surface area contributed by atoms with Crippen molar-refractivity contribution >= 4 is 31.9 Å². The van der Waals surface area contributed by atoms with Crippen molar-refractivity contribution in [3.05, 3.63) is 32.7 Å². The van der Waals surface area contributed by atoms with Gasteiger partial charge in [-0.1, -0.05) is 6.07 Å². The van der Waals surface area contributed by atoms with E-state index in [0.29, 0.717) is 0 Å². The van der Waals surface area contributed by atoms with Crippen molar-refractivity contribution in [3.8, 4) is 0 Å². The molecule has 0 bridgehead atoms. The second-order valence-corrected chi connectivity index (χ2v) is 6.14. The molecular weight excluding hydrogens is 344 g/mol. The van der Waals surface area contributed by atoms with Crippen LogP contribution in [0.4, 0.5) is 0 Å². The van der Waals surface area contributed by atoms with Crippen LogP contribution in [0, 0.1) is 0 Å². The third-order valence-electron chi connectivity index (χ3n) is 2.52. The number of nitrogens with one attached hydrogen (secondary N) is 1. The van der Waals surface area contributed by atoms with E-state index in [-0.39, 0.29) is 0 Å². The second-order valence-electron chi connectivity index (χ2n) is 4.44. The van der Waals surface area contributed by atoms with Gasteiger partial charge in [-0.2, -0.15) is 0 Å². The van der Waals surface area contributed by atoms with Gasteiger partial charge in [0.25, 0.3) is 0 Å². The fourth-order valence-corrected chi connectivity index (χ4v) is 2.23.